The maximum absolute atomic E-state index is 13.3. The summed E-state index contributed by atoms with van der Waals surface area (Å²) in [6.07, 6.45) is 52.7. The van der Waals surface area contributed by atoms with Crippen LogP contribution in [0.5, 0.6) is 0 Å². The van der Waals surface area contributed by atoms with Gasteiger partial charge < -0.3 is 65.1 Å². The summed E-state index contributed by atoms with van der Waals surface area (Å²) in [5.41, 5.74) is 0. The van der Waals surface area contributed by atoms with Crippen molar-refractivity contribution in [2.24, 2.45) is 0 Å². The number of aliphatic hydroxyl groups excluding tert-OH is 8. The van der Waals surface area contributed by atoms with Crippen molar-refractivity contribution < 1.29 is 64.6 Å². The molecule has 2 aliphatic rings. The van der Waals surface area contributed by atoms with Crippen LogP contribution >= 0.6 is 0 Å². The van der Waals surface area contributed by atoms with Gasteiger partial charge in [0.2, 0.25) is 5.91 Å². The van der Waals surface area contributed by atoms with Crippen molar-refractivity contribution in [3.05, 3.63) is 12.2 Å². The maximum atomic E-state index is 13.3. The number of ether oxygens (including phenoxy) is 4. The van der Waals surface area contributed by atoms with Crippen LogP contribution in [0, 0.1) is 0 Å². The second kappa shape index (κ2) is 56.7. The molecule has 12 atom stereocenters. The minimum atomic E-state index is -1.79. The molecule has 14 heteroatoms. The molecule has 0 aromatic rings. The third-order valence-corrected chi connectivity index (χ3v) is 18.2. The largest absolute Gasteiger partial charge is 0.394 e. The fourth-order valence-electron chi connectivity index (χ4n) is 12.4. The second-order valence-electron chi connectivity index (χ2n) is 26.1. The fourth-order valence-corrected chi connectivity index (χ4v) is 12.4. The zero-order valence-corrected chi connectivity index (χ0v) is 54.9. The van der Waals surface area contributed by atoms with Gasteiger partial charge in [-0.25, -0.2) is 0 Å². The van der Waals surface area contributed by atoms with Crippen molar-refractivity contribution in [3.63, 3.8) is 0 Å². The minimum Gasteiger partial charge on any atom is -0.394 e. The normalized spacial score (nSPS) is 23.5. The highest BCUT2D eigenvalue weighted by atomic mass is 16.7. The number of hydrogen-bond donors (Lipinski definition) is 9. The van der Waals surface area contributed by atoms with Gasteiger partial charge in [0.05, 0.1) is 32.0 Å². The van der Waals surface area contributed by atoms with E-state index in [1.807, 2.05) is 6.08 Å². The summed E-state index contributed by atoms with van der Waals surface area (Å²) in [5, 5.41) is 87.5. The van der Waals surface area contributed by atoms with Crippen LogP contribution in [0.1, 0.15) is 341 Å². The van der Waals surface area contributed by atoms with Crippen LogP contribution in [0.3, 0.4) is 0 Å². The molecular weight excluding hydrogens is 1070 g/mol. The zero-order chi connectivity index (χ0) is 61.6. The fraction of sp³-hybridized carbons (Fsp3) is 0.958. The Morgan fingerprint density at radius 3 is 1.08 bits per heavy atom. The van der Waals surface area contributed by atoms with Crippen LogP contribution in [0.15, 0.2) is 12.2 Å². The Hall–Kier alpha value is -1.27. The van der Waals surface area contributed by atoms with E-state index in [0.29, 0.717) is 0 Å². The number of carbonyl (C=O) groups is 1. The van der Waals surface area contributed by atoms with Gasteiger partial charge in [0.15, 0.2) is 12.6 Å². The number of rotatable bonds is 61. The van der Waals surface area contributed by atoms with Crippen LogP contribution < -0.4 is 5.32 Å². The van der Waals surface area contributed by atoms with Crippen LogP contribution in [0.4, 0.5) is 0 Å². The molecule has 9 N–H and O–H groups in total. The third kappa shape index (κ3) is 41.0. The van der Waals surface area contributed by atoms with Gasteiger partial charge in [0.25, 0.3) is 0 Å². The lowest BCUT2D eigenvalue weighted by Crippen LogP contribution is -2.65. The van der Waals surface area contributed by atoms with Gasteiger partial charge in [-0.2, -0.15) is 0 Å². The quantitative estimate of drug-likeness (QED) is 0.0204. The molecule has 2 heterocycles. The van der Waals surface area contributed by atoms with Gasteiger partial charge in [-0.05, 0) is 19.3 Å². The Bertz CT molecular complexity index is 1470. The lowest BCUT2D eigenvalue weighted by Gasteiger charge is -2.46. The molecule has 0 saturated carbocycles. The first-order chi connectivity index (χ1) is 41.6. The van der Waals surface area contributed by atoms with Crippen molar-refractivity contribution in [3.8, 4) is 0 Å². The maximum Gasteiger partial charge on any atom is 0.220 e. The average Bonchev–Trinajstić information content (AvgIpc) is 3.69. The molecule has 2 aliphatic heterocycles. The summed E-state index contributed by atoms with van der Waals surface area (Å²) in [5.74, 6) is -0.230. The lowest BCUT2D eigenvalue weighted by molar-refractivity contribution is -0.359. The number of hydrogen-bond acceptors (Lipinski definition) is 13. The number of unbranched alkanes of at least 4 members (excludes halogenated alkanes) is 48. The molecular formula is C71H137NO13. The first kappa shape index (κ1) is 79.8. The Morgan fingerprint density at radius 1 is 0.412 bits per heavy atom. The Balaban J connectivity index is 1.67. The molecule has 2 saturated heterocycles. The predicted molar refractivity (Wildman–Crippen MR) is 346 cm³/mol. The summed E-state index contributed by atoms with van der Waals surface area (Å²) in [7, 11) is 0. The number of carbonyl (C=O) groups excluding carboxylic acids is 1. The SMILES string of the molecule is CCCCCCCCCCCCCCCCCCCCCCCCC/C=C/C(O)C(COC1OC(CO)C(OC2OC(CO)C(O)C(O)C2O)C(O)C1O)NC(=O)CCCCCCCCCCCCCCCCCCCCCCCCCCCC. The predicted octanol–water partition coefficient (Wildman–Crippen LogP) is 15.0. The Labute approximate surface area is 520 Å². The molecule has 504 valence electrons. The van der Waals surface area contributed by atoms with Gasteiger partial charge in [-0.15, -0.1) is 0 Å². The van der Waals surface area contributed by atoms with E-state index in [0.717, 1.165) is 44.9 Å². The molecule has 0 aliphatic carbocycles. The first-order valence-electron chi connectivity index (χ1n) is 36.4. The Morgan fingerprint density at radius 2 is 0.729 bits per heavy atom. The molecule has 0 aromatic carbocycles. The summed E-state index contributed by atoms with van der Waals surface area (Å²) in [6.45, 7) is 2.87. The van der Waals surface area contributed by atoms with Crippen molar-refractivity contribution in [1.82, 2.24) is 5.32 Å². The van der Waals surface area contributed by atoms with E-state index in [4.69, 9.17) is 18.9 Å². The molecule has 2 fully saturated rings. The third-order valence-electron chi connectivity index (χ3n) is 18.2. The van der Waals surface area contributed by atoms with E-state index >= 15 is 0 Å². The van der Waals surface area contributed by atoms with Crippen LogP contribution in [0.2, 0.25) is 0 Å². The molecule has 0 bridgehead atoms. The molecule has 12 unspecified atom stereocenters. The molecule has 2 rings (SSSR count). The summed E-state index contributed by atoms with van der Waals surface area (Å²) in [4.78, 5) is 13.3. The molecule has 0 radical (unpaired) electrons. The van der Waals surface area contributed by atoms with Crippen molar-refractivity contribution in [2.75, 3.05) is 19.8 Å². The number of allylic oxidation sites excluding steroid dienone is 1. The van der Waals surface area contributed by atoms with Gasteiger partial charge in [0, 0.05) is 6.42 Å². The first-order valence-corrected chi connectivity index (χ1v) is 36.4. The number of amides is 1. The lowest BCUT2D eigenvalue weighted by atomic mass is 9.97. The second-order valence-corrected chi connectivity index (χ2v) is 26.1. The standard InChI is InChI=1S/C71H137NO13/c1-3-5-7-9-11-13-15-17-19-21-23-25-27-29-31-33-35-37-39-41-43-45-47-49-51-53-55-63(76)72-59(58-82-70-68(81)66(79)69(62(57-74)84-70)85-71-67(80)65(78)64(77)61(56-73)83-71)60(75)54-52-50-48-46-44-42-40-38-36-34-32-30-28-26-24-22-20-18-16-14-12-10-8-6-4-2/h52,54,59-62,64-71,73-75,77-81H,3-51,53,55-58H2,1-2H3,(H,72,76)/b54-52+. The average molecular weight is 1210 g/mol. The summed E-state index contributed by atoms with van der Waals surface area (Å²) in [6, 6.07) is -0.911. The van der Waals surface area contributed by atoms with E-state index in [9.17, 15) is 45.6 Å². The van der Waals surface area contributed by atoms with E-state index in [1.165, 1.54) is 276 Å². The molecule has 14 nitrogen and oxygen atoms in total. The molecule has 0 aromatic heterocycles. The van der Waals surface area contributed by atoms with Gasteiger partial charge >= 0.3 is 0 Å². The van der Waals surface area contributed by atoms with E-state index in [1.54, 1.807) is 6.08 Å². The number of aliphatic hydroxyl groups is 8. The van der Waals surface area contributed by atoms with E-state index < -0.39 is 86.8 Å². The van der Waals surface area contributed by atoms with Gasteiger partial charge in [0.1, 0.15) is 48.8 Å². The van der Waals surface area contributed by atoms with Gasteiger partial charge in [-0.3, -0.25) is 4.79 Å². The van der Waals surface area contributed by atoms with E-state index in [-0.39, 0.29) is 18.9 Å². The van der Waals surface area contributed by atoms with Crippen LogP contribution in [-0.4, -0.2) is 140 Å². The topological polar surface area (TPSA) is 228 Å². The zero-order valence-electron chi connectivity index (χ0n) is 54.9. The Kier molecular flexibility index (Phi) is 53.2. The van der Waals surface area contributed by atoms with Crippen molar-refractivity contribution in [2.45, 2.75) is 415 Å². The summed E-state index contributed by atoms with van der Waals surface area (Å²) < 4.78 is 22.9. The highest BCUT2D eigenvalue weighted by Gasteiger charge is 2.51. The summed E-state index contributed by atoms with van der Waals surface area (Å²) >= 11 is 0. The van der Waals surface area contributed by atoms with Gasteiger partial charge in [-0.1, -0.05) is 328 Å². The number of nitrogens with one attached hydrogen (secondary N) is 1. The van der Waals surface area contributed by atoms with E-state index in [2.05, 4.69) is 19.2 Å². The monoisotopic (exact) mass is 1210 g/mol. The van der Waals surface area contributed by atoms with Crippen LogP contribution in [-0.2, 0) is 23.7 Å². The van der Waals surface area contributed by atoms with Crippen LogP contribution in [0.25, 0.3) is 0 Å². The highest BCUT2D eigenvalue weighted by Crippen LogP contribution is 2.30. The van der Waals surface area contributed by atoms with Crippen molar-refractivity contribution in [1.29, 1.82) is 0 Å². The highest BCUT2D eigenvalue weighted by molar-refractivity contribution is 5.76. The smallest absolute Gasteiger partial charge is 0.220 e. The molecule has 1 amide bonds. The molecule has 0 spiro atoms. The minimum absolute atomic E-state index is 0.230. The van der Waals surface area contributed by atoms with Crippen molar-refractivity contribution >= 4 is 5.91 Å². The molecule has 85 heavy (non-hydrogen) atoms.